The van der Waals surface area contributed by atoms with Crippen LogP contribution < -0.4 is 0 Å². The van der Waals surface area contributed by atoms with Crippen LogP contribution in [0.15, 0.2) is 34.8 Å². The second-order valence-electron chi connectivity index (χ2n) is 4.27. The molecule has 0 aliphatic rings. The molecule has 2 rings (SSSR count). The fourth-order valence-electron chi connectivity index (χ4n) is 1.68. The lowest BCUT2D eigenvalue weighted by Crippen LogP contribution is -1.84. The van der Waals surface area contributed by atoms with Crippen LogP contribution in [-0.2, 0) is 4.79 Å². The number of furan rings is 1. The summed E-state index contributed by atoms with van der Waals surface area (Å²) in [7, 11) is 0. The number of carbonyl (C=O) groups is 1. The van der Waals surface area contributed by atoms with Gasteiger partial charge in [-0.25, -0.2) is 4.79 Å². The molecule has 2 aromatic rings. The lowest BCUT2D eigenvalue weighted by molar-refractivity contribution is -0.131. The Labute approximate surface area is 99.4 Å². The van der Waals surface area contributed by atoms with Gasteiger partial charge >= 0.3 is 5.97 Å². The number of fused-ring (bicyclic) bond motifs is 1. The maximum atomic E-state index is 10.4. The molecule has 0 aliphatic carbocycles. The van der Waals surface area contributed by atoms with E-state index in [1.807, 2.05) is 18.2 Å². The molecule has 0 amide bonds. The number of hydrogen-bond acceptors (Lipinski definition) is 2. The van der Waals surface area contributed by atoms with Crippen LogP contribution in [-0.4, -0.2) is 11.1 Å². The number of carboxylic acid groups (broad SMARTS) is 1. The minimum atomic E-state index is -0.978. The van der Waals surface area contributed by atoms with Gasteiger partial charge in [0.05, 0.1) is 0 Å². The summed E-state index contributed by atoms with van der Waals surface area (Å²) in [5, 5.41) is 9.54. The fraction of sp³-hybridized carbons (Fsp3) is 0.214. The zero-order chi connectivity index (χ0) is 12.4. The molecule has 17 heavy (non-hydrogen) atoms. The van der Waals surface area contributed by atoms with Crippen LogP contribution >= 0.6 is 0 Å². The van der Waals surface area contributed by atoms with E-state index in [0.29, 0.717) is 11.7 Å². The summed E-state index contributed by atoms with van der Waals surface area (Å²) in [6.07, 6.45) is 2.53. The molecular weight excluding hydrogens is 216 g/mol. The normalized spacial score (nSPS) is 11.7. The van der Waals surface area contributed by atoms with Crippen LogP contribution in [0.5, 0.6) is 0 Å². The van der Waals surface area contributed by atoms with Gasteiger partial charge in [-0.3, -0.25) is 0 Å². The average Bonchev–Trinajstić information content (AvgIpc) is 2.67. The van der Waals surface area contributed by atoms with Crippen LogP contribution in [0, 0.1) is 0 Å². The van der Waals surface area contributed by atoms with Crippen LogP contribution in [0.25, 0.3) is 17.0 Å². The van der Waals surface area contributed by atoms with E-state index in [1.165, 1.54) is 11.6 Å². The fourth-order valence-corrected chi connectivity index (χ4v) is 1.68. The Hall–Kier alpha value is -2.03. The number of aliphatic carboxylic acids is 1. The van der Waals surface area contributed by atoms with Gasteiger partial charge in [-0.05, 0) is 35.8 Å². The van der Waals surface area contributed by atoms with Crippen molar-refractivity contribution in [1.82, 2.24) is 0 Å². The second-order valence-corrected chi connectivity index (χ2v) is 4.27. The molecule has 0 aliphatic heterocycles. The van der Waals surface area contributed by atoms with Gasteiger partial charge in [0.2, 0.25) is 0 Å². The zero-order valence-corrected chi connectivity index (χ0v) is 9.81. The first-order valence-corrected chi connectivity index (χ1v) is 5.51. The van der Waals surface area contributed by atoms with E-state index in [2.05, 4.69) is 19.9 Å². The molecule has 3 nitrogen and oxygen atoms in total. The third kappa shape index (κ3) is 2.56. The lowest BCUT2D eigenvalue weighted by atomic mass is 10.0. The number of hydrogen-bond donors (Lipinski definition) is 1. The standard InChI is InChI=1S/C14H14O3/c1-9(2)10-3-5-13-11(7-10)8-12(17-13)4-6-14(15)16/h3-9H,1-2H3,(H,15,16)/b6-4+. The van der Waals surface area contributed by atoms with Crippen molar-refractivity contribution in [3.63, 3.8) is 0 Å². The predicted octanol–water partition coefficient (Wildman–Crippen LogP) is 3.65. The molecule has 1 N–H and O–H groups in total. The average molecular weight is 230 g/mol. The van der Waals surface area contributed by atoms with Gasteiger partial charge in [0, 0.05) is 11.5 Å². The van der Waals surface area contributed by atoms with Crippen molar-refractivity contribution in [2.45, 2.75) is 19.8 Å². The monoisotopic (exact) mass is 230 g/mol. The van der Waals surface area contributed by atoms with Crippen LogP contribution in [0.1, 0.15) is 31.1 Å². The van der Waals surface area contributed by atoms with E-state index in [1.54, 1.807) is 0 Å². The summed E-state index contributed by atoms with van der Waals surface area (Å²) < 4.78 is 5.50. The molecule has 0 saturated carbocycles. The van der Waals surface area contributed by atoms with Crippen LogP contribution in [0.3, 0.4) is 0 Å². The Morgan fingerprint density at radius 2 is 2.12 bits per heavy atom. The van der Waals surface area contributed by atoms with E-state index < -0.39 is 5.97 Å². The van der Waals surface area contributed by atoms with Gasteiger partial charge in [-0.1, -0.05) is 19.9 Å². The van der Waals surface area contributed by atoms with Crippen molar-refractivity contribution in [3.8, 4) is 0 Å². The zero-order valence-electron chi connectivity index (χ0n) is 9.81. The molecular formula is C14H14O3. The maximum Gasteiger partial charge on any atom is 0.328 e. The van der Waals surface area contributed by atoms with Gasteiger partial charge in [0.25, 0.3) is 0 Å². The SMILES string of the molecule is CC(C)c1ccc2oc(/C=C/C(=O)O)cc2c1. The molecule has 0 bridgehead atoms. The van der Waals surface area contributed by atoms with Gasteiger partial charge < -0.3 is 9.52 Å². The quantitative estimate of drug-likeness (QED) is 0.819. The Morgan fingerprint density at radius 1 is 1.35 bits per heavy atom. The van der Waals surface area contributed by atoms with Crippen LogP contribution in [0.4, 0.5) is 0 Å². The molecule has 0 fully saturated rings. The number of benzene rings is 1. The van der Waals surface area contributed by atoms with E-state index in [0.717, 1.165) is 17.0 Å². The van der Waals surface area contributed by atoms with Crippen molar-refractivity contribution in [3.05, 3.63) is 41.7 Å². The van der Waals surface area contributed by atoms with Crippen molar-refractivity contribution < 1.29 is 14.3 Å². The number of carboxylic acids is 1. The Balaban J connectivity index is 2.40. The summed E-state index contributed by atoms with van der Waals surface area (Å²) in [6.45, 7) is 4.26. The molecule has 0 spiro atoms. The first-order valence-electron chi connectivity index (χ1n) is 5.51. The van der Waals surface area contributed by atoms with Crippen molar-refractivity contribution in [1.29, 1.82) is 0 Å². The molecule has 0 radical (unpaired) electrons. The molecule has 3 heteroatoms. The molecule has 88 valence electrons. The van der Waals surface area contributed by atoms with Gasteiger partial charge in [-0.15, -0.1) is 0 Å². The van der Waals surface area contributed by atoms with Gasteiger partial charge in [0.15, 0.2) is 0 Å². The van der Waals surface area contributed by atoms with Crippen molar-refractivity contribution >= 4 is 23.0 Å². The second kappa shape index (κ2) is 4.45. The van der Waals surface area contributed by atoms with E-state index in [4.69, 9.17) is 9.52 Å². The van der Waals surface area contributed by atoms with Crippen LogP contribution in [0.2, 0.25) is 0 Å². The van der Waals surface area contributed by atoms with Crippen molar-refractivity contribution in [2.24, 2.45) is 0 Å². The van der Waals surface area contributed by atoms with Gasteiger partial charge in [0.1, 0.15) is 11.3 Å². The van der Waals surface area contributed by atoms with Crippen molar-refractivity contribution in [2.75, 3.05) is 0 Å². The molecule has 0 saturated heterocycles. The molecule has 0 atom stereocenters. The molecule has 0 unspecified atom stereocenters. The Bertz CT molecular complexity index is 576. The summed E-state index contributed by atoms with van der Waals surface area (Å²) in [5.74, 6) is 0.0453. The smallest absolute Gasteiger partial charge is 0.328 e. The topological polar surface area (TPSA) is 50.4 Å². The Morgan fingerprint density at radius 3 is 2.76 bits per heavy atom. The summed E-state index contributed by atoms with van der Waals surface area (Å²) in [4.78, 5) is 10.4. The lowest BCUT2D eigenvalue weighted by Gasteiger charge is -2.03. The highest BCUT2D eigenvalue weighted by Gasteiger charge is 2.05. The minimum absolute atomic E-state index is 0.465. The van der Waals surface area contributed by atoms with E-state index in [9.17, 15) is 4.79 Å². The van der Waals surface area contributed by atoms with E-state index >= 15 is 0 Å². The summed E-state index contributed by atoms with van der Waals surface area (Å²) in [5.41, 5.74) is 2.02. The highest BCUT2D eigenvalue weighted by molar-refractivity contribution is 5.87. The molecule has 1 heterocycles. The first-order chi connectivity index (χ1) is 8.06. The Kier molecular flexibility index (Phi) is 3.00. The van der Waals surface area contributed by atoms with E-state index in [-0.39, 0.29) is 0 Å². The number of rotatable bonds is 3. The highest BCUT2D eigenvalue weighted by atomic mass is 16.4. The summed E-state index contributed by atoms with van der Waals surface area (Å²) >= 11 is 0. The predicted molar refractivity (Wildman–Crippen MR) is 67.0 cm³/mol. The van der Waals surface area contributed by atoms with Gasteiger partial charge in [-0.2, -0.15) is 0 Å². The molecule has 1 aromatic carbocycles. The third-order valence-corrected chi connectivity index (χ3v) is 2.62. The molecule has 1 aromatic heterocycles. The third-order valence-electron chi connectivity index (χ3n) is 2.62. The summed E-state index contributed by atoms with van der Waals surface area (Å²) in [6, 6.07) is 7.87. The highest BCUT2D eigenvalue weighted by Crippen LogP contribution is 2.24. The largest absolute Gasteiger partial charge is 0.478 e. The minimum Gasteiger partial charge on any atom is -0.478 e. The maximum absolute atomic E-state index is 10.4. The first kappa shape index (κ1) is 11.5.